The van der Waals surface area contributed by atoms with Gasteiger partial charge >= 0.3 is 0 Å². The largest absolute Gasteiger partial charge is 0.350 e. The fourth-order valence-electron chi connectivity index (χ4n) is 3.13. The molecule has 0 amide bonds. The SMILES string of the molecule is CNCC[C@@H](c1ccccc1)c1cn(C)c2ccccc12. The molecule has 1 N–H and O–H groups in total. The van der Waals surface area contributed by atoms with Gasteiger partial charge in [-0.15, -0.1) is 0 Å². The van der Waals surface area contributed by atoms with Crippen LogP contribution in [0.1, 0.15) is 23.5 Å². The van der Waals surface area contributed by atoms with Crippen LogP contribution in [-0.4, -0.2) is 18.2 Å². The summed E-state index contributed by atoms with van der Waals surface area (Å²) < 4.78 is 2.24. The van der Waals surface area contributed by atoms with Crippen molar-refractivity contribution >= 4 is 10.9 Å². The lowest BCUT2D eigenvalue weighted by atomic mass is 9.88. The minimum absolute atomic E-state index is 0.435. The van der Waals surface area contributed by atoms with Crippen LogP contribution in [-0.2, 0) is 7.05 Å². The van der Waals surface area contributed by atoms with Crippen molar-refractivity contribution in [1.82, 2.24) is 9.88 Å². The Kier molecular flexibility index (Phi) is 4.07. The highest BCUT2D eigenvalue weighted by atomic mass is 14.9. The van der Waals surface area contributed by atoms with E-state index in [4.69, 9.17) is 0 Å². The molecule has 2 nitrogen and oxygen atoms in total. The Bertz CT molecular complexity index is 713. The number of para-hydroxylation sites is 1. The van der Waals surface area contributed by atoms with Gasteiger partial charge < -0.3 is 9.88 Å². The van der Waals surface area contributed by atoms with Crippen LogP contribution in [0.25, 0.3) is 10.9 Å². The number of benzene rings is 2. The molecule has 0 radical (unpaired) electrons. The summed E-state index contributed by atoms with van der Waals surface area (Å²) in [6.45, 7) is 1.02. The van der Waals surface area contributed by atoms with Crippen molar-refractivity contribution < 1.29 is 0 Å². The summed E-state index contributed by atoms with van der Waals surface area (Å²) in [5, 5.41) is 4.65. The number of rotatable bonds is 5. The van der Waals surface area contributed by atoms with E-state index in [0.717, 1.165) is 13.0 Å². The van der Waals surface area contributed by atoms with Crippen molar-refractivity contribution in [2.24, 2.45) is 7.05 Å². The first-order valence-corrected chi connectivity index (χ1v) is 7.54. The number of nitrogens with zero attached hydrogens (tertiary/aromatic N) is 1. The molecule has 0 aliphatic carbocycles. The molecule has 0 spiro atoms. The smallest absolute Gasteiger partial charge is 0.0480 e. The Morgan fingerprint density at radius 3 is 2.48 bits per heavy atom. The predicted molar refractivity (Wildman–Crippen MR) is 89.7 cm³/mol. The van der Waals surface area contributed by atoms with Crippen molar-refractivity contribution in [1.29, 1.82) is 0 Å². The van der Waals surface area contributed by atoms with E-state index in [1.807, 2.05) is 7.05 Å². The second-order valence-electron chi connectivity index (χ2n) is 5.57. The monoisotopic (exact) mass is 278 g/mol. The van der Waals surface area contributed by atoms with Gasteiger partial charge in [0.15, 0.2) is 0 Å². The summed E-state index contributed by atoms with van der Waals surface area (Å²) >= 11 is 0. The molecule has 2 heteroatoms. The molecule has 21 heavy (non-hydrogen) atoms. The lowest BCUT2D eigenvalue weighted by Crippen LogP contribution is -2.13. The topological polar surface area (TPSA) is 17.0 Å². The molecule has 108 valence electrons. The molecule has 0 saturated heterocycles. The number of fused-ring (bicyclic) bond motifs is 1. The molecule has 0 aliphatic rings. The number of aromatic nitrogens is 1. The first-order chi connectivity index (χ1) is 10.3. The summed E-state index contributed by atoms with van der Waals surface area (Å²) in [4.78, 5) is 0. The van der Waals surface area contributed by atoms with Crippen LogP contribution >= 0.6 is 0 Å². The van der Waals surface area contributed by atoms with E-state index in [2.05, 4.69) is 77.7 Å². The molecule has 3 rings (SSSR count). The molecule has 0 aliphatic heterocycles. The predicted octanol–water partition coefficient (Wildman–Crippen LogP) is 3.92. The molecule has 1 heterocycles. The molecule has 0 fully saturated rings. The van der Waals surface area contributed by atoms with Gasteiger partial charge in [0.25, 0.3) is 0 Å². The van der Waals surface area contributed by atoms with Gasteiger partial charge in [-0.05, 0) is 37.2 Å². The Labute approximate surface area is 126 Å². The van der Waals surface area contributed by atoms with E-state index in [0.29, 0.717) is 5.92 Å². The lowest BCUT2D eigenvalue weighted by Gasteiger charge is -2.17. The summed E-state index contributed by atoms with van der Waals surface area (Å²) in [5.41, 5.74) is 4.12. The second-order valence-corrected chi connectivity index (χ2v) is 5.57. The zero-order chi connectivity index (χ0) is 14.7. The Morgan fingerprint density at radius 1 is 1.00 bits per heavy atom. The van der Waals surface area contributed by atoms with Crippen LogP contribution in [0.4, 0.5) is 0 Å². The molecular formula is C19H22N2. The van der Waals surface area contributed by atoms with Crippen molar-refractivity contribution in [3.05, 3.63) is 71.9 Å². The highest BCUT2D eigenvalue weighted by Gasteiger charge is 2.18. The lowest BCUT2D eigenvalue weighted by molar-refractivity contribution is 0.663. The highest BCUT2D eigenvalue weighted by molar-refractivity contribution is 5.85. The third-order valence-electron chi connectivity index (χ3n) is 4.19. The second kappa shape index (κ2) is 6.15. The number of nitrogens with one attached hydrogen (secondary N) is 1. The summed E-state index contributed by atoms with van der Waals surface area (Å²) in [5.74, 6) is 0.435. The zero-order valence-electron chi connectivity index (χ0n) is 12.7. The third kappa shape index (κ3) is 2.72. The average Bonchev–Trinajstić information content (AvgIpc) is 2.87. The summed E-state index contributed by atoms with van der Waals surface area (Å²) in [7, 11) is 4.15. The van der Waals surface area contributed by atoms with Gasteiger partial charge in [0.2, 0.25) is 0 Å². The van der Waals surface area contributed by atoms with Gasteiger partial charge in [-0.3, -0.25) is 0 Å². The first kappa shape index (κ1) is 13.9. The van der Waals surface area contributed by atoms with E-state index < -0.39 is 0 Å². The van der Waals surface area contributed by atoms with Crippen LogP contribution in [0.15, 0.2) is 60.8 Å². The maximum absolute atomic E-state index is 3.29. The van der Waals surface area contributed by atoms with Crippen molar-refractivity contribution in [3.63, 3.8) is 0 Å². The van der Waals surface area contributed by atoms with Crippen molar-refractivity contribution in [2.75, 3.05) is 13.6 Å². The van der Waals surface area contributed by atoms with Crippen molar-refractivity contribution in [2.45, 2.75) is 12.3 Å². The van der Waals surface area contributed by atoms with E-state index in [1.54, 1.807) is 0 Å². The van der Waals surface area contributed by atoms with Gasteiger partial charge in [-0.25, -0.2) is 0 Å². The van der Waals surface area contributed by atoms with Crippen molar-refractivity contribution in [3.8, 4) is 0 Å². The Hall–Kier alpha value is -2.06. The molecular weight excluding hydrogens is 256 g/mol. The Morgan fingerprint density at radius 2 is 1.71 bits per heavy atom. The summed E-state index contributed by atoms with van der Waals surface area (Å²) in [6.07, 6.45) is 3.40. The fraction of sp³-hybridized carbons (Fsp3) is 0.263. The summed E-state index contributed by atoms with van der Waals surface area (Å²) in [6, 6.07) is 19.5. The van der Waals surface area contributed by atoms with Gasteiger partial charge in [0.05, 0.1) is 0 Å². The van der Waals surface area contributed by atoms with Crippen LogP contribution < -0.4 is 5.32 Å². The van der Waals surface area contributed by atoms with Gasteiger partial charge in [-0.2, -0.15) is 0 Å². The maximum Gasteiger partial charge on any atom is 0.0480 e. The maximum atomic E-state index is 3.29. The molecule has 0 unspecified atom stereocenters. The molecule has 0 saturated carbocycles. The number of aryl methyl sites for hydroxylation is 1. The van der Waals surface area contributed by atoms with E-state index >= 15 is 0 Å². The fourth-order valence-corrected chi connectivity index (χ4v) is 3.13. The average molecular weight is 278 g/mol. The van der Waals surface area contributed by atoms with Crippen LogP contribution in [0.5, 0.6) is 0 Å². The normalized spacial score (nSPS) is 12.7. The van der Waals surface area contributed by atoms with Gasteiger partial charge in [0, 0.05) is 30.1 Å². The van der Waals surface area contributed by atoms with Gasteiger partial charge in [-0.1, -0.05) is 48.5 Å². The third-order valence-corrected chi connectivity index (χ3v) is 4.19. The molecule has 1 atom stereocenters. The number of hydrogen-bond acceptors (Lipinski definition) is 1. The quantitative estimate of drug-likeness (QED) is 0.748. The van der Waals surface area contributed by atoms with Gasteiger partial charge in [0.1, 0.15) is 0 Å². The minimum Gasteiger partial charge on any atom is -0.350 e. The molecule has 0 bridgehead atoms. The number of hydrogen-bond donors (Lipinski definition) is 1. The molecule has 3 aromatic rings. The van der Waals surface area contributed by atoms with E-state index in [-0.39, 0.29) is 0 Å². The Balaban J connectivity index is 2.10. The molecule has 2 aromatic carbocycles. The van der Waals surface area contributed by atoms with E-state index in [9.17, 15) is 0 Å². The van der Waals surface area contributed by atoms with Crippen LogP contribution in [0.2, 0.25) is 0 Å². The van der Waals surface area contributed by atoms with Crippen LogP contribution in [0.3, 0.4) is 0 Å². The minimum atomic E-state index is 0.435. The molecule has 1 aromatic heterocycles. The zero-order valence-corrected chi connectivity index (χ0v) is 12.7. The van der Waals surface area contributed by atoms with E-state index in [1.165, 1.54) is 22.0 Å². The first-order valence-electron chi connectivity index (χ1n) is 7.54. The highest BCUT2D eigenvalue weighted by Crippen LogP contribution is 2.33. The standard InChI is InChI=1S/C19H22N2/c1-20-13-12-16(15-8-4-3-5-9-15)18-14-21(2)19-11-7-6-10-17(18)19/h3-11,14,16,20H,12-13H2,1-2H3/t16-/m0/s1. The van der Waals surface area contributed by atoms with Crippen LogP contribution in [0, 0.1) is 0 Å².